The van der Waals surface area contributed by atoms with Crippen LogP contribution in [0.1, 0.15) is 82.6 Å². The Labute approximate surface area is 353 Å². The Morgan fingerprint density at radius 2 is 1.10 bits per heavy atom. The predicted octanol–water partition coefficient (Wildman–Crippen LogP) is 7.88. The van der Waals surface area contributed by atoms with Crippen molar-refractivity contribution in [2.75, 3.05) is 31.9 Å². The average molecular weight is 845 g/mol. The zero-order valence-corrected chi connectivity index (χ0v) is 34.5. The third kappa shape index (κ3) is 14.2. The van der Waals surface area contributed by atoms with Gasteiger partial charge in [-0.05, 0) is 113 Å². The van der Waals surface area contributed by atoms with Gasteiger partial charge < -0.3 is 28.4 Å². The second-order valence-electron chi connectivity index (χ2n) is 14.6. The van der Waals surface area contributed by atoms with Crippen LogP contribution in [0.5, 0.6) is 11.5 Å². The first kappa shape index (κ1) is 45.3. The molecule has 0 spiro atoms. The van der Waals surface area contributed by atoms with Crippen LogP contribution >= 0.6 is 11.3 Å². The Bertz CT molecular complexity index is 1980. The standard InChI is InChI=1S/C45H52N2O12S/c1-3-40(48)54-23-7-9-25-56-42(50)30-13-17-32(18-14-30)44(52)58-36-21-22-37(35(27-36)29-46-47-39-28-34-11-5-6-12-38(34)60-39)59-45(53)33-19-15-31(16-20-33)43(51)57-26-10-8-24-55-41(49)4-2/h3-6,11-12,21-22,27-33,47H,1-2,7-10,13-20,23-26H2/b46-29+. The molecule has 2 fully saturated rings. The lowest BCUT2D eigenvalue weighted by atomic mass is 9.82. The lowest BCUT2D eigenvalue weighted by molar-refractivity contribution is -0.152. The number of carbonyl (C=O) groups excluding carboxylic acids is 6. The highest BCUT2D eigenvalue weighted by Crippen LogP contribution is 2.34. The summed E-state index contributed by atoms with van der Waals surface area (Å²) in [5.41, 5.74) is 3.45. The van der Waals surface area contributed by atoms with E-state index in [0.29, 0.717) is 82.6 Å². The van der Waals surface area contributed by atoms with Crippen LogP contribution in [0, 0.1) is 23.7 Å². The number of benzene rings is 2. The van der Waals surface area contributed by atoms with Crippen LogP contribution in [0.15, 0.2) is 78.9 Å². The lowest BCUT2D eigenvalue weighted by Gasteiger charge is -2.26. The van der Waals surface area contributed by atoms with Crippen molar-refractivity contribution in [2.24, 2.45) is 28.8 Å². The summed E-state index contributed by atoms with van der Waals surface area (Å²) in [5, 5.41) is 6.29. The second kappa shape index (κ2) is 23.7. The molecular formula is C45H52N2O12S. The molecule has 2 aliphatic carbocycles. The summed E-state index contributed by atoms with van der Waals surface area (Å²) in [6.07, 6.45) is 9.74. The first-order valence-corrected chi connectivity index (χ1v) is 21.2. The molecule has 14 nitrogen and oxygen atoms in total. The number of carbonyl (C=O) groups is 6. The van der Waals surface area contributed by atoms with Crippen molar-refractivity contribution in [3.05, 3.63) is 79.4 Å². The van der Waals surface area contributed by atoms with Gasteiger partial charge in [-0.1, -0.05) is 31.4 Å². The molecule has 2 aromatic carbocycles. The Balaban J connectivity index is 1.13. The smallest absolute Gasteiger partial charge is 0.330 e. The maximum absolute atomic E-state index is 13.4. The predicted molar refractivity (Wildman–Crippen MR) is 224 cm³/mol. The monoisotopic (exact) mass is 844 g/mol. The van der Waals surface area contributed by atoms with E-state index < -0.39 is 35.7 Å². The van der Waals surface area contributed by atoms with Crippen molar-refractivity contribution < 1.29 is 57.2 Å². The highest BCUT2D eigenvalue weighted by molar-refractivity contribution is 7.22. The number of nitrogens with zero attached hydrogens (tertiary/aromatic N) is 1. The average Bonchev–Trinajstić information content (AvgIpc) is 3.69. The molecule has 0 saturated heterocycles. The SMILES string of the molecule is C=CC(=O)OCCCCOC(=O)C1CCC(C(=O)Oc2ccc(OC(=O)C3CCC(C(=O)OCCCCOC(=O)C=C)CC3)c(/C=N/Nc3cc4ccccc4s3)c2)CC1. The molecule has 0 atom stereocenters. The molecule has 5 rings (SSSR count). The van der Waals surface area contributed by atoms with E-state index in [0.717, 1.165) is 27.2 Å². The minimum Gasteiger partial charge on any atom is -0.465 e. The molecule has 1 heterocycles. The number of nitrogens with one attached hydrogen (secondary N) is 1. The third-order valence-corrected chi connectivity index (χ3v) is 11.4. The lowest BCUT2D eigenvalue weighted by Crippen LogP contribution is -2.30. The molecule has 3 aromatic rings. The van der Waals surface area contributed by atoms with Crippen LogP contribution in [0.2, 0.25) is 0 Å². The number of hydrogen-bond donors (Lipinski definition) is 1. The summed E-state index contributed by atoms with van der Waals surface area (Å²) in [6, 6.07) is 14.7. The second-order valence-corrected chi connectivity index (χ2v) is 15.7. The number of anilines is 1. The molecule has 2 aliphatic rings. The van der Waals surface area contributed by atoms with Gasteiger partial charge in [-0.3, -0.25) is 24.6 Å². The van der Waals surface area contributed by atoms with E-state index in [1.807, 2.05) is 30.3 Å². The van der Waals surface area contributed by atoms with Crippen molar-refractivity contribution >= 4 is 68.5 Å². The molecule has 0 bridgehead atoms. The summed E-state index contributed by atoms with van der Waals surface area (Å²) in [5.74, 6) is -3.39. The molecule has 1 N–H and O–H groups in total. The van der Waals surface area contributed by atoms with Crippen molar-refractivity contribution in [3.8, 4) is 11.5 Å². The molecule has 60 heavy (non-hydrogen) atoms. The Hall–Kier alpha value is -5.83. The number of rotatable bonds is 21. The molecule has 1 aromatic heterocycles. The molecule has 320 valence electrons. The van der Waals surface area contributed by atoms with Gasteiger partial charge in [-0.2, -0.15) is 5.10 Å². The highest BCUT2D eigenvalue weighted by atomic mass is 32.1. The van der Waals surface area contributed by atoms with E-state index in [9.17, 15) is 28.8 Å². The summed E-state index contributed by atoms with van der Waals surface area (Å²) in [7, 11) is 0. The Kier molecular flexibility index (Phi) is 17.9. The largest absolute Gasteiger partial charge is 0.465 e. The van der Waals surface area contributed by atoms with Crippen molar-refractivity contribution in [1.82, 2.24) is 0 Å². The molecule has 0 aliphatic heterocycles. The molecule has 0 amide bonds. The van der Waals surface area contributed by atoms with Crippen LogP contribution in [-0.2, 0) is 47.7 Å². The topological polar surface area (TPSA) is 182 Å². The molecule has 15 heteroatoms. The van der Waals surface area contributed by atoms with Gasteiger partial charge in [0.25, 0.3) is 0 Å². The fourth-order valence-electron chi connectivity index (χ4n) is 6.96. The minimum atomic E-state index is -0.491. The molecule has 2 saturated carbocycles. The third-order valence-electron chi connectivity index (χ3n) is 10.4. The number of thiophene rings is 1. The number of hydrazone groups is 1. The van der Waals surface area contributed by atoms with Crippen LogP contribution < -0.4 is 14.9 Å². The summed E-state index contributed by atoms with van der Waals surface area (Å²) in [6.45, 7) is 7.60. The van der Waals surface area contributed by atoms with Crippen molar-refractivity contribution in [1.29, 1.82) is 0 Å². The van der Waals surface area contributed by atoms with Gasteiger partial charge >= 0.3 is 35.8 Å². The van der Waals surface area contributed by atoms with Gasteiger partial charge in [0.15, 0.2) is 0 Å². The van der Waals surface area contributed by atoms with Crippen LogP contribution in [0.4, 0.5) is 5.00 Å². The van der Waals surface area contributed by atoms with Crippen LogP contribution in [0.3, 0.4) is 0 Å². The number of unbranched alkanes of at least 4 members (excludes halogenated alkanes) is 2. The Morgan fingerprint density at radius 1 is 0.617 bits per heavy atom. The maximum atomic E-state index is 13.4. The van der Waals surface area contributed by atoms with E-state index >= 15 is 0 Å². The van der Waals surface area contributed by atoms with Gasteiger partial charge in [0.05, 0.1) is 56.3 Å². The van der Waals surface area contributed by atoms with E-state index in [1.54, 1.807) is 18.2 Å². The molecule has 0 unspecified atom stereocenters. The number of hydrogen-bond acceptors (Lipinski definition) is 15. The van der Waals surface area contributed by atoms with Crippen molar-refractivity contribution in [3.63, 3.8) is 0 Å². The first-order chi connectivity index (χ1) is 29.1. The summed E-state index contributed by atoms with van der Waals surface area (Å²) < 4.78 is 33.5. The first-order valence-electron chi connectivity index (χ1n) is 20.4. The van der Waals surface area contributed by atoms with Gasteiger partial charge in [0.1, 0.15) is 16.5 Å². The van der Waals surface area contributed by atoms with Gasteiger partial charge in [0, 0.05) is 22.4 Å². The quantitative estimate of drug-likeness (QED) is 0.0208. The summed E-state index contributed by atoms with van der Waals surface area (Å²) >= 11 is 1.54. The number of ether oxygens (including phenoxy) is 6. The number of fused-ring (bicyclic) bond motifs is 1. The van der Waals surface area contributed by atoms with Crippen LogP contribution in [-0.4, -0.2) is 68.5 Å². The highest BCUT2D eigenvalue weighted by Gasteiger charge is 2.33. The maximum Gasteiger partial charge on any atom is 0.330 e. The fourth-order valence-corrected chi connectivity index (χ4v) is 7.87. The van der Waals surface area contributed by atoms with Gasteiger partial charge in [0.2, 0.25) is 0 Å². The van der Waals surface area contributed by atoms with E-state index in [-0.39, 0.29) is 61.7 Å². The normalized spacial score (nSPS) is 18.8. The zero-order chi connectivity index (χ0) is 42.7. The zero-order valence-electron chi connectivity index (χ0n) is 33.6. The molecule has 0 radical (unpaired) electrons. The fraction of sp³-hybridized carbons (Fsp3) is 0.444. The number of esters is 6. The van der Waals surface area contributed by atoms with Crippen molar-refractivity contribution in [2.45, 2.75) is 77.0 Å². The van der Waals surface area contributed by atoms with E-state index in [4.69, 9.17) is 28.4 Å². The molecular weight excluding hydrogens is 793 g/mol. The van der Waals surface area contributed by atoms with Crippen LogP contribution in [0.25, 0.3) is 10.1 Å². The van der Waals surface area contributed by atoms with E-state index in [2.05, 4.69) is 23.7 Å². The van der Waals surface area contributed by atoms with E-state index in [1.165, 1.54) is 17.6 Å². The Morgan fingerprint density at radius 3 is 1.62 bits per heavy atom. The van der Waals surface area contributed by atoms with Gasteiger partial charge in [-0.15, -0.1) is 11.3 Å². The van der Waals surface area contributed by atoms with Gasteiger partial charge in [-0.25, -0.2) is 9.59 Å². The minimum absolute atomic E-state index is 0.221. The summed E-state index contributed by atoms with van der Waals surface area (Å²) in [4.78, 5) is 74.3.